The van der Waals surface area contributed by atoms with Crippen LogP contribution in [-0.2, 0) is 0 Å². The SMILES string of the molecule is O=C(O)c1c[n+]([O-])cc(C(=O)O)c1C(=O)O. The zero-order chi connectivity index (χ0) is 12.5. The molecule has 1 rings (SSSR count). The second-order valence-corrected chi connectivity index (χ2v) is 2.74. The van der Waals surface area contributed by atoms with Crippen molar-refractivity contribution in [3.05, 3.63) is 34.3 Å². The summed E-state index contributed by atoms with van der Waals surface area (Å²) in [6.07, 6.45) is 0.969. The van der Waals surface area contributed by atoms with Gasteiger partial charge in [-0.3, -0.25) is 0 Å². The smallest absolute Gasteiger partial charge is 0.342 e. The third-order valence-corrected chi connectivity index (χ3v) is 1.73. The molecule has 0 aromatic carbocycles. The lowest BCUT2D eigenvalue weighted by molar-refractivity contribution is -0.605. The second kappa shape index (κ2) is 3.85. The molecule has 0 unspecified atom stereocenters. The Morgan fingerprint density at radius 1 is 0.938 bits per heavy atom. The zero-order valence-corrected chi connectivity index (χ0v) is 7.58. The molecule has 1 aromatic rings. The van der Waals surface area contributed by atoms with E-state index < -0.39 is 34.6 Å². The standard InChI is InChI=1S/C8H5NO7/c10-6(11)3-1-9(16)2-4(7(12)13)5(3)8(14)15/h1-2H,(H,10,11)(H,12,13)(H,14,15). The van der Waals surface area contributed by atoms with Gasteiger partial charge >= 0.3 is 17.9 Å². The average molecular weight is 227 g/mol. The number of nitrogens with zero attached hydrogens (tertiary/aromatic N) is 1. The molecule has 0 bridgehead atoms. The highest BCUT2D eigenvalue weighted by atomic mass is 16.5. The van der Waals surface area contributed by atoms with E-state index in [1.807, 2.05) is 0 Å². The largest absolute Gasteiger partial charge is 0.619 e. The minimum atomic E-state index is -1.73. The molecule has 0 aliphatic heterocycles. The normalized spacial score (nSPS) is 9.75. The van der Waals surface area contributed by atoms with E-state index in [0.29, 0.717) is 12.4 Å². The summed E-state index contributed by atoms with van der Waals surface area (Å²) in [6.45, 7) is 0. The van der Waals surface area contributed by atoms with Crippen molar-refractivity contribution < 1.29 is 34.4 Å². The topological polar surface area (TPSA) is 139 Å². The minimum absolute atomic E-state index is 0.0701. The first kappa shape index (κ1) is 11.4. The molecule has 0 saturated heterocycles. The summed E-state index contributed by atoms with van der Waals surface area (Å²) < 4.78 is -0.0701. The van der Waals surface area contributed by atoms with Gasteiger partial charge in [-0.15, -0.1) is 0 Å². The van der Waals surface area contributed by atoms with Crippen LogP contribution < -0.4 is 4.73 Å². The highest BCUT2D eigenvalue weighted by Gasteiger charge is 2.28. The van der Waals surface area contributed by atoms with Crippen molar-refractivity contribution in [2.24, 2.45) is 0 Å². The van der Waals surface area contributed by atoms with Gasteiger partial charge in [0, 0.05) is 0 Å². The van der Waals surface area contributed by atoms with E-state index >= 15 is 0 Å². The van der Waals surface area contributed by atoms with Crippen LogP contribution in [-0.4, -0.2) is 33.2 Å². The molecule has 1 aromatic heterocycles. The molecule has 0 aliphatic rings. The quantitative estimate of drug-likeness (QED) is 0.463. The fraction of sp³-hybridized carbons (Fsp3) is 0. The molecule has 8 nitrogen and oxygen atoms in total. The Morgan fingerprint density at radius 3 is 1.56 bits per heavy atom. The molecule has 0 aliphatic carbocycles. The highest BCUT2D eigenvalue weighted by Crippen LogP contribution is 2.12. The predicted molar refractivity (Wildman–Crippen MR) is 46.3 cm³/mol. The summed E-state index contributed by atoms with van der Waals surface area (Å²) in [5.41, 5.74) is -2.67. The lowest BCUT2D eigenvalue weighted by Crippen LogP contribution is -2.31. The van der Waals surface area contributed by atoms with Crippen molar-refractivity contribution >= 4 is 17.9 Å². The van der Waals surface area contributed by atoms with Crippen molar-refractivity contribution in [3.8, 4) is 0 Å². The van der Waals surface area contributed by atoms with Crippen LogP contribution in [0.3, 0.4) is 0 Å². The first-order valence-electron chi connectivity index (χ1n) is 3.81. The Labute approximate surface area is 87.6 Å². The van der Waals surface area contributed by atoms with Crippen LogP contribution in [0, 0.1) is 5.21 Å². The molecule has 1 heterocycles. The Balaban J connectivity index is 3.67. The number of hydrogen-bond donors (Lipinski definition) is 3. The number of pyridine rings is 1. The molecule has 0 spiro atoms. The second-order valence-electron chi connectivity index (χ2n) is 2.74. The Kier molecular flexibility index (Phi) is 2.75. The summed E-state index contributed by atoms with van der Waals surface area (Å²) in [6, 6.07) is 0. The van der Waals surface area contributed by atoms with Gasteiger partial charge in [0.1, 0.15) is 16.7 Å². The molecule has 0 amide bonds. The van der Waals surface area contributed by atoms with E-state index in [1.54, 1.807) is 0 Å². The van der Waals surface area contributed by atoms with E-state index in [4.69, 9.17) is 15.3 Å². The molecule has 3 N–H and O–H groups in total. The van der Waals surface area contributed by atoms with Gasteiger partial charge in [-0.1, -0.05) is 0 Å². The van der Waals surface area contributed by atoms with Gasteiger partial charge in [-0.2, -0.15) is 4.73 Å². The lowest BCUT2D eigenvalue weighted by atomic mass is 10.0. The van der Waals surface area contributed by atoms with Gasteiger partial charge in [0.05, 0.1) is 0 Å². The van der Waals surface area contributed by atoms with Crippen LogP contribution in [0.15, 0.2) is 12.4 Å². The van der Waals surface area contributed by atoms with Gasteiger partial charge in [-0.05, 0) is 0 Å². The third-order valence-electron chi connectivity index (χ3n) is 1.73. The van der Waals surface area contributed by atoms with Crippen LogP contribution in [0.2, 0.25) is 0 Å². The molecule has 0 atom stereocenters. The van der Waals surface area contributed by atoms with E-state index in [9.17, 15) is 19.6 Å². The van der Waals surface area contributed by atoms with Gasteiger partial charge in [0.25, 0.3) is 0 Å². The van der Waals surface area contributed by atoms with Gasteiger partial charge < -0.3 is 20.5 Å². The van der Waals surface area contributed by atoms with Crippen molar-refractivity contribution in [1.82, 2.24) is 0 Å². The number of carbonyl (C=O) groups is 3. The molecule has 16 heavy (non-hydrogen) atoms. The van der Waals surface area contributed by atoms with E-state index in [0.717, 1.165) is 0 Å². The zero-order valence-electron chi connectivity index (χ0n) is 7.58. The Bertz CT molecular complexity index is 458. The minimum Gasteiger partial charge on any atom is -0.619 e. The van der Waals surface area contributed by atoms with E-state index in [1.165, 1.54) is 0 Å². The maximum absolute atomic E-state index is 10.9. The Hall–Kier alpha value is -2.64. The van der Waals surface area contributed by atoms with Crippen molar-refractivity contribution in [2.45, 2.75) is 0 Å². The fourth-order valence-electron chi connectivity index (χ4n) is 1.12. The van der Waals surface area contributed by atoms with Gasteiger partial charge in [0.15, 0.2) is 12.4 Å². The van der Waals surface area contributed by atoms with Crippen molar-refractivity contribution in [1.29, 1.82) is 0 Å². The Morgan fingerprint density at radius 2 is 1.31 bits per heavy atom. The third kappa shape index (κ3) is 1.90. The van der Waals surface area contributed by atoms with Crippen LogP contribution in [0.5, 0.6) is 0 Å². The summed E-state index contributed by atoms with van der Waals surface area (Å²) >= 11 is 0. The molecular formula is C8H5NO7. The first-order valence-corrected chi connectivity index (χ1v) is 3.81. The van der Waals surface area contributed by atoms with Crippen molar-refractivity contribution in [2.75, 3.05) is 0 Å². The molecular weight excluding hydrogens is 222 g/mol. The summed E-state index contributed by atoms with van der Waals surface area (Å²) in [7, 11) is 0. The fourth-order valence-corrected chi connectivity index (χ4v) is 1.12. The number of aromatic nitrogens is 1. The van der Waals surface area contributed by atoms with Crippen molar-refractivity contribution in [3.63, 3.8) is 0 Å². The molecule has 84 valence electrons. The maximum Gasteiger partial charge on any atom is 0.342 e. The monoisotopic (exact) mass is 227 g/mol. The number of hydrogen-bond acceptors (Lipinski definition) is 4. The van der Waals surface area contributed by atoms with Crippen LogP contribution >= 0.6 is 0 Å². The molecule has 0 saturated carbocycles. The number of carboxylic acid groups (broad SMARTS) is 3. The number of carboxylic acids is 3. The van der Waals surface area contributed by atoms with Crippen LogP contribution in [0.4, 0.5) is 0 Å². The first-order chi connectivity index (χ1) is 7.34. The molecule has 0 fully saturated rings. The number of rotatable bonds is 3. The molecule has 8 heteroatoms. The van der Waals surface area contributed by atoms with E-state index in [-0.39, 0.29) is 4.73 Å². The number of aromatic carboxylic acids is 3. The van der Waals surface area contributed by atoms with E-state index in [2.05, 4.69) is 0 Å². The van der Waals surface area contributed by atoms with Gasteiger partial charge in [-0.25, -0.2) is 14.4 Å². The van der Waals surface area contributed by atoms with Crippen LogP contribution in [0.25, 0.3) is 0 Å². The lowest BCUT2D eigenvalue weighted by Gasteiger charge is -2.05. The molecule has 0 radical (unpaired) electrons. The predicted octanol–water partition coefficient (Wildman–Crippen LogP) is -0.585. The van der Waals surface area contributed by atoms with Crippen LogP contribution in [0.1, 0.15) is 31.1 Å². The summed E-state index contributed by atoms with van der Waals surface area (Å²) in [5, 5.41) is 36.9. The average Bonchev–Trinajstić information content (AvgIpc) is 2.15. The highest BCUT2D eigenvalue weighted by molar-refractivity contribution is 6.08. The van der Waals surface area contributed by atoms with Gasteiger partial charge in [0.2, 0.25) is 0 Å². The summed E-state index contributed by atoms with van der Waals surface area (Å²) in [5.74, 6) is -5.11. The summed E-state index contributed by atoms with van der Waals surface area (Å²) in [4.78, 5) is 32.0. The maximum atomic E-state index is 10.9.